The Balaban J connectivity index is 1.69. The lowest BCUT2D eigenvalue weighted by Gasteiger charge is -2.13. The number of hydrogen-bond donors (Lipinski definition) is 1. The van der Waals surface area contributed by atoms with Gasteiger partial charge in [-0.25, -0.2) is 12.8 Å². The fourth-order valence-electron chi connectivity index (χ4n) is 3.50. The van der Waals surface area contributed by atoms with E-state index in [1.807, 2.05) is 12.1 Å². The molecule has 31 heavy (non-hydrogen) atoms. The van der Waals surface area contributed by atoms with E-state index in [0.717, 1.165) is 11.6 Å². The maximum Gasteiger partial charge on any atom is 0.276 e. The van der Waals surface area contributed by atoms with Gasteiger partial charge < -0.3 is 10.1 Å². The molecule has 0 radical (unpaired) electrons. The number of methoxy groups -OCH3 is 1. The number of amides is 1. The highest BCUT2D eigenvalue weighted by atomic mass is 35.5. The zero-order chi connectivity index (χ0) is 22.2. The van der Waals surface area contributed by atoms with Crippen molar-refractivity contribution in [2.45, 2.75) is 12.5 Å². The van der Waals surface area contributed by atoms with E-state index >= 15 is 0 Å². The van der Waals surface area contributed by atoms with Crippen LogP contribution in [0.5, 0.6) is 5.75 Å². The summed E-state index contributed by atoms with van der Waals surface area (Å²) in [7, 11) is -1.59. The van der Waals surface area contributed by atoms with Crippen LogP contribution in [-0.2, 0) is 9.84 Å². The summed E-state index contributed by atoms with van der Waals surface area (Å²) in [5.74, 6) is -0.392. The van der Waals surface area contributed by atoms with Gasteiger partial charge in [0.1, 0.15) is 11.6 Å². The second-order valence-electron chi connectivity index (χ2n) is 7.23. The Morgan fingerprint density at radius 1 is 1.23 bits per heavy atom. The number of nitrogens with zero attached hydrogens (tertiary/aromatic N) is 2. The first-order chi connectivity index (χ1) is 14.8. The molecule has 1 fully saturated rings. The highest BCUT2D eigenvalue weighted by Crippen LogP contribution is 2.31. The van der Waals surface area contributed by atoms with Crippen molar-refractivity contribution in [1.29, 1.82) is 0 Å². The molecule has 1 aliphatic rings. The maximum atomic E-state index is 13.4. The summed E-state index contributed by atoms with van der Waals surface area (Å²) < 4.78 is 44.2. The van der Waals surface area contributed by atoms with Crippen LogP contribution in [0.25, 0.3) is 11.3 Å². The molecule has 1 unspecified atom stereocenters. The first kappa shape index (κ1) is 21.3. The number of hydrogen-bond acceptors (Lipinski definition) is 5. The van der Waals surface area contributed by atoms with E-state index in [9.17, 15) is 17.6 Å². The topological polar surface area (TPSA) is 90.3 Å². The van der Waals surface area contributed by atoms with Crippen LogP contribution < -0.4 is 10.1 Å². The average Bonchev–Trinajstić information content (AvgIpc) is 3.34. The summed E-state index contributed by atoms with van der Waals surface area (Å²) >= 11 is 5.78. The quantitative estimate of drug-likeness (QED) is 0.618. The predicted molar refractivity (Wildman–Crippen MR) is 116 cm³/mol. The third kappa shape index (κ3) is 4.57. The first-order valence-electron chi connectivity index (χ1n) is 9.46. The molecular formula is C21H19ClFN3O4S. The summed E-state index contributed by atoms with van der Waals surface area (Å²) in [4.78, 5) is 12.8. The van der Waals surface area contributed by atoms with E-state index in [0.29, 0.717) is 23.6 Å². The molecule has 0 spiro atoms. The van der Waals surface area contributed by atoms with E-state index in [1.165, 1.54) is 12.1 Å². The lowest BCUT2D eigenvalue weighted by atomic mass is 10.1. The minimum Gasteiger partial charge on any atom is -0.497 e. The molecule has 162 valence electrons. The summed E-state index contributed by atoms with van der Waals surface area (Å²) in [6.45, 7) is 0. The maximum absolute atomic E-state index is 13.4. The van der Waals surface area contributed by atoms with Crippen LogP contribution in [0.2, 0.25) is 5.02 Å². The monoisotopic (exact) mass is 463 g/mol. The van der Waals surface area contributed by atoms with Gasteiger partial charge in [0.05, 0.1) is 35.4 Å². The van der Waals surface area contributed by atoms with Crippen LogP contribution in [0.3, 0.4) is 0 Å². The van der Waals surface area contributed by atoms with Crippen LogP contribution in [0.4, 0.5) is 10.1 Å². The lowest BCUT2D eigenvalue weighted by Crippen LogP contribution is -2.16. The summed E-state index contributed by atoms with van der Waals surface area (Å²) in [5.41, 5.74) is 1.81. The number of halogens is 2. The molecule has 1 aliphatic heterocycles. The van der Waals surface area contributed by atoms with Crippen LogP contribution in [-0.4, -0.2) is 42.7 Å². The van der Waals surface area contributed by atoms with Crippen molar-refractivity contribution in [1.82, 2.24) is 9.78 Å². The molecule has 1 amide bonds. The molecule has 3 aromatic rings. The number of carbonyl (C=O) groups is 1. The number of sulfone groups is 1. The molecule has 10 heteroatoms. The van der Waals surface area contributed by atoms with Gasteiger partial charge in [-0.05, 0) is 55.0 Å². The van der Waals surface area contributed by atoms with Crippen LogP contribution >= 0.6 is 11.6 Å². The number of aromatic nitrogens is 2. The Morgan fingerprint density at radius 3 is 2.58 bits per heavy atom. The molecule has 1 N–H and O–H groups in total. The number of ether oxygens (including phenoxy) is 1. The van der Waals surface area contributed by atoms with Gasteiger partial charge in [-0.3, -0.25) is 9.48 Å². The fourth-order valence-corrected chi connectivity index (χ4v) is 5.37. The van der Waals surface area contributed by atoms with Crippen molar-refractivity contribution in [3.8, 4) is 17.0 Å². The van der Waals surface area contributed by atoms with Gasteiger partial charge in [0.2, 0.25) is 0 Å². The van der Waals surface area contributed by atoms with E-state index in [4.69, 9.17) is 16.3 Å². The molecule has 7 nitrogen and oxygen atoms in total. The summed E-state index contributed by atoms with van der Waals surface area (Å²) in [5, 5.41) is 6.94. The SMILES string of the molecule is COc1ccc(-c2cc(C(=O)Nc3ccc(F)c(Cl)c3)nn2C2CCS(=O)(=O)C2)cc1. The summed E-state index contributed by atoms with van der Waals surface area (Å²) in [6.07, 6.45) is 0.418. The lowest BCUT2D eigenvalue weighted by molar-refractivity contribution is 0.102. The van der Waals surface area contributed by atoms with Gasteiger partial charge in [-0.2, -0.15) is 5.10 Å². The minimum atomic E-state index is -3.15. The van der Waals surface area contributed by atoms with Crippen LogP contribution in [0.15, 0.2) is 48.5 Å². The molecule has 0 aliphatic carbocycles. The highest BCUT2D eigenvalue weighted by Gasteiger charge is 2.32. The molecule has 1 saturated heterocycles. The smallest absolute Gasteiger partial charge is 0.276 e. The molecular weight excluding hydrogens is 445 g/mol. The van der Waals surface area contributed by atoms with Gasteiger partial charge in [-0.1, -0.05) is 11.6 Å². The van der Waals surface area contributed by atoms with E-state index in [2.05, 4.69) is 10.4 Å². The highest BCUT2D eigenvalue weighted by molar-refractivity contribution is 7.91. The second kappa shape index (κ2) is 8.32. The zero-order valence-electron chi connectivity index (χ0n) is 16.5. The molecule has 0 bridgehead atoms. The number of carbonyl (C=O) groups excluding carboxylic acids is 1. The average molecular weight is 464 g/mol. The van der Waals surface area contributed by atoms with Crippen LogP contribution in [0.1, 0.15) is 23.0 Å². The Morgan fingerprint density at radius 2 is 1.97 bits per heavy atom. The molecule has 2 heterocycles. The molecule has 4 rings (SSSR count). The Hall–Kier alpha value is -2.91. The predicted octanol–water partition coefficient (Wildman–Crippen LogP) is 3.96. The van der Waals surface area contributed by atoms with E-state index < -0.39 is 21.6 Å². The van der Waals surface area contributed by atoms with Crippen molar-refractivity contribution in [2.24, 2.45) is 0 Å². The molecule has 2 aromatic carbocycles. The van der Waals surface area contributed by atoms with Crippen molar-refractivity contribution in [3.63, 3.8) is 0 Å². The Labute approximate surface area is 183 Å². The third-order valence-corrected chi connectivity index (χ3v) is 7.13. The minimum absolute atomic E-state index is 0.0353. The normalized spacial score (nSPS) is 17.5. The van der Waals surface area contributed by atoms with Crippen molar-refractivity contribution in [3.05, 3.63) is 65.1 Å². The van der Waals surface area contributed by atoms with Crippen LogP contribution in [0, 0.1) is 5.82 Å². The Bertz CT molecular complexity index is 1240. The zero-order valence-corrected chi connectivity index (χ0v) is 18.1. The number of anilines is 1. The largest absolute Gasteiger partial charge is 0.497 e. The van der Waals surface area contributed by atoms with E-state index in [-0.39, 0.29) is 28.3 Å². The van der Waals surface area contributed by atoms with Gasteiger partial charge >= 0.3 is 0 Å². The first-order valence-corrected chi connectivity index (χ1v) is 11.7. The molecule has 0 saturated carbocycles. The van der Waals surface area contributed by atoms with Gasteiger partial charge in [-0.15, -0.1) is 0 Å². The molecule has 1 aromatic heterocycles. The van der Waals surface area contributed by atoms with Gasteiger partial charge in [0.15, 0.2) is 15.5 Å². The number of benzene rings is 2. The van der Waals surface area contributed by atoms with Gasteiger partial charge in [0.25, 0.3) is 5.91 Å². The van der Waals surface area contributed by atoms with Crippen molar-refractivity contribution < 1.29 is 22.3 Å². The fraction of sp³-hybridized carbons (Fsp3) is 0.238. The third-order valence-electron chi connectivity index (χ3n) is 5.09. The second-order valence-corrected chi connectivity index (χ2v) is 9.86. The summed E-state index contributed by atoms with van der Waals surface area (Å²) in [6, 6.07) is 12.3. The standard InChI is InChI=1S/C21H19ClFN3O4S/c1-30-16-5-2-13(3-6-16)20-11-19(25-26(20)15-8-9-31(28,29)12-15)21(27)24-14-4-7-18(23)17(22)10-14/h2-7,10-11,15H,8-9,12H2,1H3,(H,24,27). The van der Waals surface area contributed by atoms with E-state index in [1.54, 1.807) is 30.0 Å². The Kier molecular flexibility index (Phi) is 5.72. The van der Waals surface area contributed by atoms with Gasteiger partial charge in [0, 0.05) is 11.3 Å². The van der Waals surface area contributed by atoms with Crippen molar-refractivity contribution >= 4 is 33.0 Å². The van der Waals surface area contributed by atoms with Crippen molar-refractivity contribution in [2.75, 3.05) is 23.9 Å². The molecule has 1 atom stereocenters. The number of nitrogens with one attached hydrogen (secondary N) is 1. The number of rotatable bonds is 5.